The average Bonchev–Trinajstić information content (AvgIpc) is 2.68. The SMILES string of the molecule is CC1Cc2ccccc2N1C(=O)C1(C#N)CCCCCC1. The third-order valence-electron chi connectivity index (χ3n) is 5.01. The van der Waals surface area contributed by atoms with Crippen LogP contribution < -0.4 is 4.90 Å². The lowest BCUT2D eigenvalue weighted by molar-refractivity contribution is -0.126. The topological polar surface area (TPSA) is 44.1 Å². The summed E-state index contributed by atoms with van der Waals surface area (Å²) < 4.78 is 0. The Balaban J connectivity index is 1.95. The van der Waals surface area contributed by atoms with Crippen LogP contribution in [0.3, 0.4) is 0 Å². The number of fused-ring (bicyclic) bond motifs is 1. The van der Waals surface area contributed by atoms with Crippen molar-refractivity contribution in [1.29, 1.82) is 5.26 Å². The average molecular weight is 282 g/mol. The van der Waals surface area contributed by atoms with Crippen molar-refractivity contribution < 1.29 is 4.79 Å². The van der Waals surface area contributed by atoms with Crippen molar-refractivity contribution in [2.75, 3.05) is 4.90 Å². The molecule has 0 spiro atoms. The lowest BCUT2D eigenvalue weighted by atomic mass is 9.80. The second kappa shape index (κ2) is 5.52. The fraction of sp³-hybridized carbons (Fsp3) is 0.556. The van der Waals surface area contributed by atoms with Gasteiger partial charge in [-0.3, -0.25) is 4.79 Å². The quantitative estimate of drug-likeness (QED) is 0.735. The van der Waals surface area contributed by atoms with Gasteiger partial charge >= 0.3 is 0 Å². The molecule has 3 heteroatoms. The standard InChI is InChI=1S/C18H22N2O/c1-14-12-15-8-4-5-9-16(15)20(14)17(21)18(13-19)10-6-2-3-7-11-18/h4-5,8-9,14H,2-3,6-7,10-12H2,1H3. The predicted molar refractivity (Wildman–Crippen MR) is 82.8 cm³/mol. The molecule has 1 atom stereocenters. The molecular formula is C18H22N2O. The highest BCUT2D eigenvalue weighted by atomic mass is 16.2. The zero-order valence-corrected chi connectivity index (χ0v) is 12.6. The van der Waals surface area contributed by atoms with Crippen LogP contribution in [0.15, 0.2) is 24.3 Å². The van der Waals surface area contributed by atoms with Crippen molar-refractivity contribution in [2.45, 2.75) is 57.9 Å². The molecule has 0 aromatic heterocycles. The van der Waals surface area contributed by atoms with Crippen LogP contribution in [0, 0.1) is 16.7 Å². The summed E-state index contributed by atoms with van der Waals surface area (Å²) in [5.41, 5.74) is 1.43. The number of nitriles is 1. The summed E-state index contributed by atoms with van der Waals surface area (Å²) in [5, 5.41) is 9.73. The van der Waals surface area contributed by atoms with E-state index in [0.717, 1.165) is 37.8 Å². The minimum absolute atomic E-state index is 0.0318. The molecule has 3 rings (SSSR count). The van der Waals surface area contributed by atoms with Gasteiger partial charge in [0.15, 0.2) is 0 Å². The minimum atomic E-state index is -0.803. The van der Waals surface area contributed by atoms with Gasteiger partial charge in [0.2, 0.25) is 5.91 Å². The monoisotopic (exact) mass is 282 g/mol. The van der Waals surface area contributed by atoms with Crippen LogP contribution >= 0.6 is 0 Å². The molecule has 1 heterocycles. The van der Waals surface area contributed by atoms with Crippen molar-refractivity contribution in [2.24, 2.45) is 5.41 Å². The highest BCUT2D eigenvalue weighted by molar-refractivity contribution is 6.01. The number of hydrogen-bond acceptors (Lipinski definition) is 2. The molecule has 1 aromatic rings. The molecule has 1 amide bonds. The number of benzene rings is 1. The smallest absolute Gasteiger partial charge is 0.247 e. The summed E-state index contributed by atoms with van der Waals surface area (Å²) in [6, 6.07) is 10.6. The van der Waals surface area contributed by atoms with E-state index in [9.17, 15) is 10.1 Å². The fourth-order valence-electron chi connectivity index (χ4n) is 3.81. The van der Waals surface area contributed by atoms with Crippen molar-refractivity contribution in [3.8, 4) is 6.07 Å². The number of amides is 1. The van der Waals surface area contributed by atoms with E-state index in [2.05, 4.69) is 19.1 Å². The number of carbonyl (C=O) groups excluding carboxylic acids is 1. The van der Waals surface area contributed by atoms with E-state index in [0.29, 0.717) is 12.8 Å². The molecule has 110 valence electrons. The van der Waals surface area contributed by atoms with Crippen LogP contribution in [0.2, 0.25) is 0 Å². The van der Waals surface area contributed by atoms with Crippen LogP contribution in [-0.2, 0) is 11.2 Å². The van der Waals surface area contributed by atoms with Crippen LogP contribution in [0.5, 0.6) is 0 Å². The molecule has 2 aliphatic rings. The fourth-order valence-corrected chi connectivity index (χ4v) is 3.81. The van der Waals surface area contributed by atoms with Crippen LogP contribution in [0.25, 0.3) is 0 Å². The highest BCUT2D eigenvalue weighted by Crippen LogP contribution is 2.41. The molecule has 1 aliphatic carbocycles. The first-order valence-corrected chi connectivity index (χ1v) is 8.01. The van der Waals surface area contributed by atoms with Gasteiger partial charge in [0.1, 0.15) is 5.41 Å². The van der Waals surface area contributed by atoms with E-state index in [1.807, 2.05) is 23.1 Å². The van der Waals surface area contributed by atoms with E-state index in [1.165, 1.54) is 5.56 Å². The summed E-state index contributed by atoms with van der Waals surface area (Å²) in [4.78, 5) is 15.1. The van der Waals surface area contributed by atoms with Gasteiger partial charge in [-0.25, -0.2) is 0 Å². The van der Waals surface area contributed by atoms with Gasteiger partial charge in [0.05, 0.1) is 6.07 Å². The normalized spacial score (nSPS) is 24.0. The van der Waals surface area contributed by atoms with Crippen LogP contribution in [0.1, 0.15) is 51.0 Å². The second-order valence-corrected chi connectivity index (χ2v) is 6.47. The minimum Gasteiger partial charge on any atom is -0.308 e. The number of anilines is 1. The number of rotatable bonds is 1. The molecule has 0 bridgehead atoms. The van der Waals surface area contributed by atoms with Crippen LogP contribution in [-0.4, -0.2) is 11.9 Å². The first kappa shape index (κ1) is 14.1. The van der Waals surface area contributed by atoms with Gasteiger partial charge in [-0.1, -0.05) is 43.9 Å². The van der Waals surface area contributed by atoms with Crippen LogP contribution in [0.4, 0.5) is 5.69 Å². The molecule has 1 unspecified atom stereocenters. The summed E-state index contributed by atoms with van der Waals surface area (Å²) in [6.07, 6.45) is 6.59. The lowest BCUT2D eigenvalue weighted by Crippen LogP contribution is -2.46. The second-order valence-electron chi connectivity index (χ2n) is 6.47. The van der Waals surface area contributed by atoms with Gasteiger partial charge in [-0.05, 0) is 37.8 Å². The van der Waals surface area contributed by atoms with Gasteiger partial charge in [-0.15, -0.1) is 0 Å². The zero-order chi connectivity index (χ0) is 14.9. The first-order valence-electron chi connectivity index (χ1n) is 8.01. The molecule has 1 saturated carbocycles. The van der Waals surface area contributed by atoms with Crippen molar-refractivity contribution >= 4 is 11.6 Å². The maximum atomic E-state index is 13.2. The number of carbonyl (C=O) groups is 1. The molecule has 21 heavy (non-hydrogen) atoms. The number of hydrogen-bond donors (Lipinski definition) is 0. The molecule has 1 aromatic carbocycles. The highest BCUT2D eigenvalue weighted by Gasteiger charge is 2.45. The Labute approximate surface area is 126 Å². The molecule has 1 aliphatic heterocycles. The Kier molecular flexibility index (Phi) is 3.71. The lowest BCUT2D eigenvalue weighted by Gasteiger charge is -2.32. The first-order chi connectivity index (χ1) is 10.2. The molecule has 0 N–H and O–H groups in total. The van der Waals surface area contributed by atoms with E-state index < -0.39 is 5.41 Å². The maximum absolute atomic E-state index is 13.2. The summed E-state index contributed by atoms with van der Waals surface area (Å²) in [7, 11) is 0. The van der Waals surface area contributed by atoms with Crippen molar-refractivity contribution in [1.82, 2.24) is 0 Å². The molecule has 0 radical (unpaired) electrons. The molecular weight excluding hydrogens is 260 g/mol. The number of nitrogens with zero attached hydrogens (tertiary/aromatic N) is 2. The third-order valence-corrected chi connectivity index (χ3v) is 5.01. The van der Waals surface area contributed by atoms with Gasteiger partial charge in [0.25, 0.3) is 0 Å². The molecule has 3 nitrogen and oxygen atoms in total. The van der Waals surface area contributed by atoms with E-state index in [-0.39, 0.29) is 11.9 Å². The largest absolute Gasteiger partial charge is 0.308 e. The Bertz CT molecular complexity index is 579. The summed E-state index contributed by atoms with van der Waals surface area (Å²) in [5.74, 6) is 0.0318. The van der Waals surface area contributed by atoms with E-state index in [4.69, 9.17) is 0 Å². The van der Waals surface area contributed by atoms with Gasteiger partial charge in [0, 0.05) is 11.7 Å². The Hall–Kier alpha value is -1.82. The zero-order valence-electron chi connectivity index (χ0n) is 12.6. The van der Waals surface area contributed by atoms with E-state index in [1.54, 1.807) is 0 Å². The van der Waals surface area contributed by atoms with E-state index >= 15 is 0 Å². The Morgan fingerprint density at radius 3 is 2.57 bits per heavy atom. The van der Waals surface area contributed by atoms with Gasteiger partial charge < -0.3 is 4.90 Å². The summed E-state index contributed by atoms with van der Waals surface area (Å²) in [6.45, 7) is 2.08. The van der Waals surface area contributed by atoms with Crippen molar-refractivity contribution in [3.05, 3.63) is 29.8 Å². The maximum Gasteiger partial charge on any atom is 0.247 e. The third kappa shape index (κ3) is 2.33. The Morgan fingerprint density at radius 1 is 1.24 bits per heavy atom. The molecule has 0 saturated heterocycles. The number of para-hydroxylation sites is 1. The Morgan fingerprint density at radius 2 is 1.90 bits per heavy atom. The van der Waals surface area contributed by atoms with Gasteiger partial charge in [-0.2, -0.15) is 5.26 Å². The summed E-state index contributed by atoms with van der Waals surface area (Å²) >= 11 is 0. The predicted octanol–water partition coefficient (Wildman–Crippen LogP) is 3.83. The molecule has 1 fully saturated rings. The van der Waals surface area contributed by atoms with Crippen molar-refractivity contribution in [3.63, 3.8) is 0 Å².